The van der Waals surface area contributed by atoms with E-state index in [-0.39, 0.29) is 6.04 Å². The zero-order chi connectivity index (χ0) is 13.7. The van der Waals surface area contributed by atoms with Gasteiger partial charge in [0, 0.05) is 30.8 Å². The van der Waals surface area contributed by atoms with Crippen LogP contribution in [0.3, 0.4) is 0 Å². The van der Waals surface area contributed by atoms with Gasteiger partial charge in [0.15, 0.2) is 0 Å². The summed E-state index contributed by atoms with van der Waals surface area (Å²) in [7, 11) is 0. The molecule has 1 aromatic carbocycles. The minimum atomic E-state index is -0.526. The molecular formula is C15H22F2N2. The van der Waals surface area contributed by atoms with Gasteiger partial charge in [0.2, 0.25) is 0 Å². The molecule has 0 radical (unpaired) electrons. The van der Waals surface area contributed by atoms with Crippen molar-refractivity contribution in [2.24, 2.45) is 0 Å². The van der Waals surface area contributed by atoms with Crippen LogP contribution in [0.5, 0.6) is 0 Å². The molecule has 1 aromatic rings. The van der Waals surface area contributed by atoms with Crippen LogP contribution in [0.1, 0.15) is 37.8 Å². The van der Waals surface area contributed by atoms with Gasteiger partial charge >= 0.3 is 0 Å². The Labute approximate surface area is 113 Å². The molecule has 2 nitrogen and oxygen atoms in total. The number of likely N-dealkylation sites (tertiary alicyclic amines) is 1. The highest BCUT2D eigenvalue weighted by molar-refractivity contribution is 5.21. The normalized spacial score (nSPS) is 18.5. The van der Waals surface area contributed by atoms with Crippen LogP contribution in [0.4, 0.5) is 8.78 Å². The molecule has 1 unspecified atom stereocenters. The smallest absolute Gasteiger partial charge is 0.130 e. The largest absolute Gasteiger partial charge is 0.309 e. The summed E-state index contributed by atoms with van der Waals surface area (Å²) in [5.74, 6) is -1.00. The van der Waals surface area contributed by atoms with Gasteiger partial charge in [-0.25, -0.2) is 8.78 Å². The summed E-state index contributed by atoms with van der Waals surface area (Å²) in [6, 6.07) is 3.67. The lowest BCUT2D eigenvalue weighted by atomic mass is 10.1. The van der Waals surface area contributed by atoms with Crippen LogP contribution >= 0.6 is 0 Å². The average molecular weight is 268 g/mol. The van der Waals surface area contributed by atoms with Gasteiger partial charge in [-0.15, -0.1) is 0 Å². The second-order valence-electron chi connectivity index (χ2n) is 5.24. The zero-order valence-corrected chi connectivity index (χ0v) is 11.5. The minimum absolute atomic E-state index is 0.0922. The van der Waals surface area contributed by atoms with Crippen molar-refractivity contribution in [3.8, 4) is 0 Å². The molecule has 19 heavy (non-hydrogen) atoms. The fourth-order valence-corrected chi connectivity index (χ4v) is 2.58. The van der Waals surface area contributed by atoms with Crippen LogP contribution in [0.2, 0.25) is 0 Å². The number of nitrogens with one attached hydrogen (secondary N) is 1. The third-order valence-electron chi connectivity index (χ3n) is 3.76. The second kappa shape index (κ2) is 6.96. The number of hydrogen-bond acceptors (Lipinski definition) is 2. The van der Waals surface area contributed by atoms with Crippen molar-refractivity contribution in [1.82, 2.24) is 10.2 Å². The fraction of sp³-hybridized carbons (Fsp3) is 0.600. The Hall–Kier alpha value is -1.00. The van der Waals surface area contributed by atoms with Gasteiger partial charge in [0.05, 0.1) is 0 Å². The summed E-state index contributed by atoms with van der Waals surface area (Å²) >= 11 is 0. The molecule has 1 atom stereocenters. The van der Waals surface area contributed by atoms with Gasteiger partial charge in [0.1, 0.15) is 11.6 Å². The first-order valence-electron chi connectivity index (χ1n) is 7.07. The third kappa shape index (κ3) is 4.25. The lowest BCUT2D eigenvalue weighted by Crippen LogP contribution is -2.36. The Bertz CT molecular complexity index is 403. The Morgan fingerprint density at radius 1 is 1.21 bits per heavy atom. The zero-order valence-electron chi connectivity index (χ0n) is 11.5. The first kappa shape index (κ1) is 14.4. The maximum Gasteiger partial charge on any atom is 0.130 e. The number of piperidine rings is 1. The van der Waals surface area contributed by atoms with Gasteiger partial charge < -0.3 is 10.2 Å². The predicted molar refractivity (Wildman–Crippen MR) is 73.1 cm³/mol. The summed E-state index contributed by atoms with van der Waals surface area (Å²) in [6.07, 6.45) is 3.89. The summed E-state index contributed by atoms with van der Waals surface area (Å²) in [4.78, 5) is 2.43. The lowest BCUT2D eigenvalue weighted by Gasteiger charge is -2.27. The highest BCUT2D eigenvalue weighted by Crippen LogP contribution is 2.17. The van der Waals surface area contributed by atoms with E-state index in [1.54, 1.807) is 0 Å². The summed E-state index contributed by atoms with van der Waals surface area (Å²) in [6.45, 7) is 6.07. The molecule has 1 aliphatic heterocycles. The molecule has 1 aliphatic rings. The molecule has 1 N–H and O–H groups in total. The minimum Gasteiger partial charge on any atom is -0.309 e. The highest BCUT2D eigenvalue weighted by Gasteiger charge is 2.13. The van der Waals surface area contributed by atoms with Gasteiger partial charge in [0.25, 0.3) is 0 Å². The summed E-state index contributed by atoms with van der Waals surface area (Å²) in [5.41, 5.74) is 0.528. The monoisotopic (exact) mass is 268 g/mol. The topological polar surface area (TPSA) is 15.3 Å². The van der Waals surface area contributed by atoms with Gasteiger partial charge in [-0.1, -0.05) is 12.5 Å². The van der Waals surface area contributed by atoms with Crippen LogP contribution < -0.4 is 5.32 Å². The van der Waals surface area contributed by atoms with E-state index in [2.05, 4.69) is 10.2 Å². The molecule has 4 heteroatoms. The van der Waals surface area contributed by atoms with Crippen LogP contribution in [-0.4, -0.2) is 31.1 Å². The molecule has 0 spiro atoms. The number of halogens is 2. The molecule has 1 heterocycles. The van der Waals surface area contributed by atoms with Crippen molar-refractivity contribution in [3.63, 3.8) is 0 Å². The highest BCUT2D eigenvalue weighted by atomic mass is 19.1. The first-order valence-corrected chi connectivity index (χ1v) is 7.07. The molecule has 2 rings (SSSR count). The van der Waals surface area contributed by atoms with Crippen molar-refractivity contribution in [3.05, 3.63) is 35.4 Å². The molecule has 106 valence electrons. The van der Waals surface area contributed by atoms with E-state index in [9.17, 15) is 8.78 Å². The van der Waals surface area contributed by atoms with Crippen molar-refractivity contribution in [2.75, 3.05) is 26.2 Å². The number of rotatable bonds is 5. The fourth-order valence-electron chi connectivity index (χ4n) is 2.58. The number of hydrogen-bond donors (Lipinski definition) is 1. The van der Waals surface area contributed by atoms with Crippen LogP contribution in [0.25, 0.3) is 0 Å². The van der Waals surface area contributed by atoms with Crippen molar-refractivity contribution < 1.29 is 8.78 Å². The lowest BCUT2D eigenvalue weighted by molar-refractivity contribution is 0.226. The average Bonchev–Trinajstić information content (AvgIpc) is 2.39. The molecular weight excluding hydrogens is 246 g/mol. The third-order valence-corrected chi connectivity index (χ3v) is 3.76. The van der Waals surface area contributed by atoms with Crippen LogP contribution in [-0.2, 0) is 0 Å². The Balaban J connectivity index is 1.78. The summed E-state index contributed by atoms with van der Waals surface area (Å²) in [5, 5.41) is 3.30. The van der Waals surface area contributed by atoms with Crippen molar-refractivity contribution in [1.29, 1.82) is 0 Å². The standard InChI is InChI=1S/C15H22F2N2/c1-12(14-6-5-13(16)11-15(14)17)18-7-10-19-8-3-2-4-9-19/h5-6,11-12,18H,2-4,7-10H2,1H3. The molecule has 0 aromatic heterocycles. The molecule has 0 saturated carbocycles. The predicted octanol–water partition coefficient (Wildman–Crippen LogP) is 3.10. The molecule has 1 saturated heterocycles. The van der Waals surface area contributed by atoms with E-state index in [0.717, 1.165) is 19.2 Å². The molecule has 0 amide bonds. The van der Waals surface area contributed by atoms with Gasteiger partial charge in [-0.3, -0.25) is 0 Å². The molecule has 0 aliphatic carbocycles. The van der Waals surface area contributed by atoms with E-state index in [1.807, 2.05) is 6.92 Å². The quantitative estimate of drug-likeness (QED) is 0.882. The van der Waals surface area contributed by atoms with Crippen LogP contribution in [0, 0.1) is 11.6 Å². The van der Waals surface area contributed by atoms with E-state index in [1.165, 1.54) is 44.5 Å². The Morgan fingerprint density at radius 2 is 1.95 bits per heavy atom. The Morgan fingerprint density at radius 3 is 2.63 bits per heavy atom. The van der Waals surface area contributed by atoms with Gasteiger partial charge in [-0.05, 0) is 38.9 Å². The molecule has 0 bridgehead atoms. The van der Waals surface area contributed by atoms with Gasteiger partial charge in [-0.2, -0.15) is 0 Å². The van der Waals surface area contributed by atoms with E-state index < -0.39 is 11.6 Å². The summed E-state index contributed by atoms with van der Waals surface area (Å²) < 4.78 is 26.4. The second-order valence-corrected chi connectivity index (χ2v) is 5.24. The maximum atomic E-state index is 13.6. The number of nitrogens with zero attached hydrogens (tertiary/aromatic N) is 1. The number of benzene rings is 1. The van der Waals surface area contributed by atoms with E-state index >= 15 is 0 Å². The SMILES string of the molecule is CC(NCCN1CCCCC1)c1ccc(F)cc1F. The Kier molecular flexibility index (Phi) is 5.28. The van der Waals surface area contributed by atoms with E-state index in [0.29, 0.717) is 5.56 Å². The first-order chi connectivity index (χ1) is 9.16. The molecule has 1 fully saturated rings. The van der Waals surface area contributed by atoms with E-state index in [4.69, 9.17) is 0 Å². The van der Waals surface area contributed by atoms with Crippen molar-refractivity contribution in [2.45, 2.75) is 32.2 Å². The maximum absolute atomic E-state index is 13.6. The van der Waals surface area contributed by atoms with Crippen molar-refractivity contribution >= 4 is 0 Å². The van der Waals surface area contributed by atoms with Crippen LogP contribution in [0.15, 0.2) is 18.2 Å².